The number of carbonyl (C=O) groups excluding carboxylic acids is 2. The molecule has 3 aliphatic rings. The van der Waals surface area contributed by atoms with Crippen molar-refractivity contribution >= 4 is 34.9 Å². The summed E-state index contributed by atoms with van der Waals surface area (Å²) < 4.78 is 6.03. The number of aryl methyl sites for hydroxylation is 1. The summed E-state index contributed by atoms with van der Waals surface area (Å²) in [5.74, 6) is 3.29. The zero-order chi connectivity index (χ0) is 31.2. The molecule has 10 nitrogen and oxygen atoms in total. The van der Waals surface area contributed by atoms with Crippen LogP contribution in [0.3, 0.4) is 0 Å². The predicted octanol–water partition coefficient (Wildman–Crippen LogP) is 5.14. The maximum absolute atomic E-state index is 13.4. The van der Waals surface area contributed by atoms with Crippen molar-refractivity contribution in [1.29, 1.82) is 0 Å². The molecule has 1 aromatic heterocycles. The Labute approximate surface area is 270 Å². The Morgan fingerprint density at radius 1 is 0.933 bits per heavy atom. The summed E-state index contributed by atoms with van der Waals surface area (Å²) in [5, 5.41) is 4.26. The number of hydrogen-bond acceptors (Lipinski definition) is 8. The molecule has 1 N–H and O–H groups in total. The number of fused-ring (bicyclic) bond motifs is 1. The quantitative estimate of drug-likeness (QED) is 0.329. The van der Waals surface area contributed by atoms with E-state index in [1.165, 1.54) is 0 Å². The maximum atomic E-state index is 13.4. The summed E-state index contributed by atoms with van der Waals surface area (Å²) in [5.41, 5.74) is 1.91. The molecule has 4 heterocycles. The van der Waals surface area contributed by atoms with Crippen LogP contribution in [0.1, 0.15) is 49.5 Å². The lowest BCUT2D eigenvalue weighted by Crippen LogP contribution is -2.52. The number of amides is 2. The first kappa shape index (κ1) is 31.1. The molecule has 1 unspecified atom stereocenters. The highest BCUT2D eigenvalue weighted by atomic mass is 35.5. The molecule has 2 amide bonds. The summed E-state index contributed by atoms with van der Waals surface area (Å²) in [6.07, 6.45) is 6.44. The van der Waals surface area contributed by atoms with Crippen LogP contribution >= 0.6 is 11.6 Å². The number of carbonyl (C=O) groups is 2. The third-order valence-corrected chi connectivity index (χ3v) is 9.10. The van der Waals surface area contributed by atoms with Crippen LogP contribution in [0.2, 0.25) is 5.02 Å². The van der Waals surface area contributed by atoms with Gasteiger partial charge in [-0.2, -0.15) is 0 Å². The molecule has 45 heavy (non-hydrogen) atoms. The molecule has 2 fully saturated rings. The van der Waals surface area contributed by atoms with Gasteiger partial charge in [0.15, 0.2) is 0 Å². The smallest absolute Gasteiger partial charge is 0.242 e. The molecule has 3 aromatic rings. The largest absolute Gasteiger partial charge is 0.457 e. The fraction of sp³-hybridized carbons (Fsp3) is 0.471. The molecule has 3 aliphatic heterocycles. The van der Waals surface area contributed by atoms with Gasteiger partial charge in [0, 0.05) is 80.8 Å². The molecule has 0 radical (unpaired) electrons. The van der Waals surface area contributed by atoms with E-state index >= 15 is 0 Å². The van der Waals surface area contributed by atoms with Crippen molar-refractivity contribution in [2.24, 2.45) is 0 Å². The van der Waals surface area contributed by atoms with Crippen molar-refractivity contribution in [3.05, 3.63) is 71.1 Å². The second-order valence-electron chi connectivity index (χ2n) is 12.1. The molecule has 0 aliphatic carbocycles. The number of likely N-dealkylation sites (tertiary alicyclic amines) is 1. The van der Waals surface area contributed by atoms with Gasteiger partial charge in [0.1, 0.15) is 23.1 Å². The SMILES string of the molecule is Cc1ncc2c(n1)N(CC(=O)N1CCN(CCCC(=O)N3CCCC3)CC1)CCC2Nc1cccc(Oc2cccc(Cl)c2)c1. The summed E-state index contributed by atoms with van der Waals surface area (Å²) in [6.45, 7) is 8.71. The molecule has 11 heteroatoms. The lowest BCUT2D eigenvalue weighted by Gasteiger charge is -2.38. The van der Waals surface area contributed by atoms with Gasteiger partial charge in [-0.25, -0.2) is 9.97 Å². The molecule has 0 bridgehead atoms. The van der Waals surface area contributed by atoms with Crippen molar-refractivity contribution in [3.63, 3.8) is 0 Å². The number of nitrogens with zero attached hydrogens (tertiary/aromatic N) is 6. The highest BCUT2D eigenvalue weighted by Crippen LogP contribution is 2.35. The lowest BCUT2D eigenvalue weighted by molar-refractivity contribution is -0.131. The Morgan fingerprint density at radius 2 is 1.67 bits per heavy atom. The Hall–Kier alpha value is -3.89. The van der Waals surface area contributed by atoms with Gasteiger partial charge in [0.2, 0.25) is 11.8 Å². The van der Waals surface area contributed by atoms with Gasteiger partial charge in [0.25, 0.3) is 0 Å². The number of anilines is 2. The van der Waals surface area contributed by atoms with Crippen LogP contribution in [0.25, 0.3) is 0 Å². The maximum Gasteiger partial charge on any atom is 0.242 e. The van der Waals surface area contributed by atoms with Crippen LogP contribution in [0.15, 0.2) is 54.7 Å². The first-order valence-electron chi connectivity index (χ1n) is 16.1. The number of rotatable bonds is 10. The van der Waals surface area contributed by atoms with Gasteiger partial charge >= 0.3 is 0 Å². The molecule has 238 valence electrons. The van der Waals surface area contributed by atoms with Gasteiger partial charge in [-0.1, -0.05) is 23.7 Å². The van der Waals surface area contributed by atoms with Crippen LogP contribution in [-0.2, 0) is 9.59 Å². The van der Waals surface area contributed by atoms with E-state index in [0.717, 1.165) is 75.5 Å². The summed E-state index contributed by atoms with van der Waals surface area (Å²) in [4.78, 5) is 43.5. The van der Waals surface area contributed by atoms with Crippen molar-refractivity contribution in [1.82, 2.24) is 24.7 Å². The fourth-order valence-corrected chi connectivity index (χ4v) is 6.58. The monoisotopic (exact) mass is 631 g/mol. The molecule has 2 saturated heterocycles. The molecule has 6 rings (SSSR count). The molecule has 1 atom stereocenters. The minimum absolute atomic E-state index is 0.00531. The first-order chi connectivity index (χ1) is 21.9. The van der Waals surface area contributed by atoms with E-state index in [1.54, 1.807) is 6.07 Å². The van der Waals surface area contributed by atoms with Crippen LogP contribution in [0.5, 0.6) is 11.5 Å². The van der Waals surface area contributed by atoms with E-state index in [1.807, 2.05) is 65.4 Å². The zero-order valence-corrected chi connectivity index (χ0v) is 26.7. The zero-order valence-electron chi connectivity index (χ0n) is 26.0. The highest BCUT2D eigenvalue weighted by molar-refractivity contribution is 6.30. The first-order valence-corrected chi connectivity index (χ1v) is 16.5. The molecule has 2 aromatic carbocycles. The number of nitrogens with one attached hydrogen (secondary N) is 1. The topological polar surface area (TPSA) is 94.1 Å². The van der Waals surface area contributed by atoms with Crippen LogP contribution in [0, 0.1) is 6.92 Å². The number of piperazine rings is 1. The standard InChI is InChI=1S/C34H42ClN7O3/c1-25-36-23-30-31(38-27-8-5-10-29(22-27)45-28-9-4-7-26(35)21-28)12-16-42(34(30)37-25)24-33(44)41-19-17-39(18-20-41)13-6-11-32(43)40-14-2-3-15-40/h4-5,7-10,21-23,31,38H,2-3,6,11-20,24H2,1H3. The number of benzene rings is 2. The minimum atomic E-state index is -0.00531. The number of halogens is 1. The molecular formula is C34H42ClN7O3. The third-order valence-electron chi connectivity index (χ3n) is 8.86. The molecule has 0 spiro atoms. The number of hydrogen-bond donors (Lipinski definition) is 1. The van der Waals surface area contributed by atoms with Gasteiger partial charge in [-0.3, -0.25) is 14.5 Å². The summed E-state index contributed by atoms with van der Waals surface area (Å²) in [6, 6.07) is 15.2. The third kappa shape index (κ3) is 8.04. The normalized spacial score (nSPS) is 18.5. The van der Waals surface area contributed by atoms with Crippen molar-refractivity contribution in [2.75, 3.05) is 69.1 Å². The Balaban J connectivity index is 1.02. The van der Waals surface area contributed by atoms with Gasteiger partial charge in [-0.05, 0) is 69.5 Å². The Kier molecular flexibility index (Phi) is 10.0. The average Bonchev–Trinajstić information content (AvgIpc) is 3.58. The van der Waals surface area contributed by atoms with E-state index in [9.17, 15) is 9.59 Å². The number of aromatic nitrogens is 2. The summed E-state index contributed by atoms with van der Waals surface area (Å²) >= 11 is 6.12. The summed E-state index contributed by atoms with van der Waals surface area (Å²) in [7, 11) is 0. The Morgan fingerprint density at radius 3 is 2.44 bits per heavy atom. The predicted molar refractivity (Wildman–Crippen MR) is 176 cm³/mol. The van der Waals surface area contributed by atoms with Crippen molar-refractivity contribution in [3.8, 4) is 11.5 Å². The van der Waals surface area contributed by atoms with Gasteiger partial charge in [0.05, 0.1) is 12.6 Å². The average molecular weight is 632 g/mol. The van der Waals surface area contributed by atoms with E-state index in [0.29, 0.717) is 54.9 Å². The van der Waals surface area contributed by atoms with E-state index in [-0.39, 0.29) is 17.9 Å². The number of ether oxygens (including phenoxy) is 1. The van der Waals surface area contributed by atoms with Crippen LogP contribution in [0.4, 0.5) is 11.5 Å². The minimum Gasteiger partial charge on any atom is -0.457 e. The van der Waals surface area contributed by atoms with E-state index in [4.69, 9.17) is 21.3 Å². The van der Waals surface area contributed by atoms with Gasteiger partial charge in [-0.15, -0.1) is 0 Å². The van der Waals surface area contributed by atoms with Crippen LogP contribution < -0.4 is 15.0 Å². The second-order valence-corrected chi connectivity index (χ2v) is 12.5. The lowest BCUT2D eigenvalue weighted by atomic mass is 10.00. The van der Waals surface area contributed by atoms with E-state index in [2.05, 4.69) is 20.1 Å². The van der Waals surface area contributed by atoms with Crippen molar-refractivity contribution < 1.29 is 14.3 Å². The van der Waals surface area contributed by atoms with Crippen LogP contribution in [-0.4, -0.2) is 95.4 Å². The fourth-order valence-electron chi connectivity index (χ4n) is 6.40. The Bertz CT molecular complexity index is 1490. The van der Waals surface area contributed by atoms with Crippen molar-refractivity contribution in [2.45, 2.75) is 45.1 Å². The van der Waals surface area contributed by atoms with Gasteiger partial charge < -0.3 is 24.8 Å². The van der Waals surface area contributed by atoms with E-state index < -0.39 is 0 Å². The second kappa shape index (κ2) is 14.5. The highest BCUT2D eigenvalue weighted by Gasteiger charge is 2.30. The molecular weight excluding hydrogens is 590 g/mol. The molecule has 0 saturated carbocycles.